The van der Waals surface area contributed by atoms with Gasteiger partial charge in [0, 0.05) is 51.3 Å². The van der Waals surface area contributed by atoms with Crippen molar-refractivity contribution in [2.45, 2.75) is 52.7 Å². The van der Waals surface area contributed by atoms with Crippen molar-refractivity contribution >= 4 is 16.1 Å². The van der Waals surface area contributed by atoms with Crippen molar-refractivity contribution in [3.8, 4) is 0 Å². The van der Waals surface area contributed by atoms with Crippen LogP contribution >= 0.6 is 0 Å². The van der Waals surface area contributed by atoms with E-state index in [4.69, 9.17) is 9.26 Å². The molecule has 0 aromatic carbocycles. The van der Waals surface area contributed by atoms with Gasteiger partial charge in [-0.05, 0) is 34.1 Å². The van der Waals surface area contributed by atoms with Crippen molar-refractivity contribution in [3.05, 3.63) is 17.0 Å². The molecule has 1 aromatic heterocycles. The lowest BCUT2D eigenvalue weighted by Gasteiger charge is -2.40. The van der Waals surface area contributed by atoms with Crippen molar-refractivity contribution in [2.75, 3.05) is 39.3 Å². The van der Waals surface area contributed by atoms with Crippen molar-refractivity contribution in [3.63, 3.8) is 0 Å². The maximum Gasteiger partial charge on any atom is 0.282 e. The lowest BCUT2D eigenvalue weighted by molar-refractivity contribution is -0.132. The van der Waals surface area contributed by atoms with Crippen LogP contribution in [-0.4, -0.2) is 84.5 Å². The van der Waals surface area contributed by atoms with Crippen LogP contribution < -0.4 is 0 Å². The van der Waals surface area contributed by atoms with Gasteiger partial charge in [0.1, 0.15) is 5.76 Å². The molecule has 2 aliphatic heterocycles. The van der Waals surface area contributed by atoms with E-state index in [1.165, 1.54) is 8.61 Å². The summed E-state index contributed by atoms with van der Waals surface area (Å²) in [6.07, 6.45) is 0.715. The molecule has 158 valence electrons. The maximum atomic E-state index is 12.9. The molecule has 1 amide bonds. The molecule has 0 spiro atoms. The zero-order chi connectivity index (χ0) is 20.5. The van der Waals surface area contributed by atoms with Crippen molar-refractivity contribution in [2.24, 2.45) is 0 Å². The van der Waals surface area contributed by atoms with E-state index < -0.39 is 10.2 Å². The molecule has 2 saturated heterocycles. The molecule has 3 rings (SSSR count). The van der Waals surface area contributed by atoms with Crippen LogP contribution in [0.2, 0.25) is 0 Å². The average molecular weight is 415 g/mol. The molecule has 2 atom stereocenters. The Hall–Kier alpha value is -1.49. The first-order chi connectivity index (χ1) is 13.2. The summed E-state index contributed by atoms with van der Waals surface area (Å²) in [5.41, 5.74) is 1.79. The zero-order valence-electron chi connectivity index (χ0n) is 17.0. The number of nitrogens with zero attached hydrogens (tertiary/aromatic N) is 4. The smallest absolute Gasteiger partial charge is 0.282 e. The second kappa shape index (κ2) is 8.48. The molecule has 0 unspecified atom stereocenters. The second-order valence-electron chi connectivity index (χ2n) is 7.66. The Balaban J connectivity index is 1.53. The number of aromatic nitrogens is 1. The van der Waals surface area contributed by atoms with Crippen LogP contribution in [0.15, 0.2) is 4.52 Å². The van der Waals surface area contributed by atoms with Crippen LogP contribution in [-0.2, 0) is 26.2 Å². The minimum absolute atomic E-state index is 0.0330. The number of ether oxygens (including phenoxy) is 1. The summed E-state index contributed by atoms with van der Waals surface area (Å²) in [7, 11) is -3.53. The monoisotopic (exact) mass is 414 g/mol. The Labute approximate surface area is 166 Å². The molecule has 3 heterocycles. The fraction of sp³-hybridized carbons (Fsp3) is 0.778. The summed E-state index contributed by atoms with van der Waals surface area (Å²) in [5.74, 6) is 0.779. The van der Waals surface area contributed by atoms with Gasteiger partial charge in [0.25, 0.3) is 10.2 Å². The Kier molecular flexibility index (Phi) is 6.43. The van der Waals surface area contributed by atoms with E-state index >= 15 is 0 Å². The number of aryl methyl sites for hydroxylation is 2. The summed E-state index contributed by atoms with van der Waals surface area (Å²) in [6.45, 7) is 9.67. The number of hydrogen-bond acceptors (Lipinski definition) is 6. The molecule has 28 heavy (non-hydrogen) atoms. The van der Waals surface area contributed by atoms with Crippen LogP contribution in [0.25, 0.3) is 0 Å². The molecule has 2 aliphatic rings. The number of rotatable bonds is 5. The van der Waals surface area contributed by atoms with Gasteiger partial charge in [-0.15, -0.1) is 0 Å². The van der Waals surface area contributed by atoms with Crippen LogP contribution in [0.1, 0.15) is 37.3 Å². The highest BCUT2D eigenvalue weighted by atomic mass is 32.2. The highest BCUT2D eigenvalue weighted by molar-refractivity contribution is 7.86. The van der Waals surface area contributed by atoms with Gasteiger partial charge >= 0.3 is 0 Å². The van der Waals surface area contributed by atoms with Gasteiger partial charge in [0.2, 0.25) is 5.91 Å². The lowest BCUT2D eigenvalue weighted by atomic mass is 10.1. The second-order valence-corrected chi connectivity index (χ2v) is 9.59. The third-order valence-electron chi connectivity index (χ3n) is 5.40. The Morgan fingerprint density at radius 1 is 1.07 bits per heavy atom. The largest absolute Gasteiger partial charge is 0.373 e. The molecule has 0 saturated carbocycles. The highest BCUT2D eigenvalue weighted by Gasteiger charge is 2.37. The molecule has 10 heteroatoms. The van der Waals surface area contributed by atoms with Crippen molar-refractivity contribution in [1.82, 2.24) is 18.7 Å². The summed E-state index contributed by atoms with van der Waals surface area (Å²) in [6, 6.07) is 0. The molecule has 2 fully saturated rings. The summed E-state index contributed by atoms with van der Waals surface area (Å²) in [4.78, 5) is 14.3. The molecular formula is C18H30N4O5S. The Morgan fingerprint density at radius 3 is 2.21 bits per heavy atom. The van der Waals surface area contributed by atoms with E-state index in [0.717, 1.165) is 17.0 Å². The number of hydrogen-bond donors (Lipinski definition) is 0. The Bertz CT molecular complexity index is 771. The molecule has 0 N–H and O–H groups in total. The van der Waals surface area contributed by atoms with Gasteiger partial charge in [-0.3, -0.25) is 4.79 Å². The van der Waals surface area contributed by atoms with E-state index in [0.29, 0.717) is 52.1 Å². The minimum Gasteiger partial charge on any atom is -0.373 e. The summed E-state index contributed by atoms with van der Waals surface area (Å²) in [5, 5.41) is 3.91. The van der Waals surface area contributed by atoms with E-state index in [-0.39, 0.29) is 18.1 Å². The van der Waals surface area contributed by atoms with Gasteiger partial charge in [-0.2, -0.15) is 17.0 Å². The van der Waals surface area contributed by atoms with E-state index in [1.807, 2.05) is 27.7 Å². The quantitative estimate of drug-likeness (QED) is 0.705. The standard InChI is InChI=1S/C18H30N4O5S/c1-13-11-22(12-14(2)26-13)28(24,25)21-9-7-20(8-10-21)18(23)6-5-17-15(3)19-27-16(17)4/h13-14H,5-12H2,1-4H3/t13-,14-/m0/s1. The fourth-order valence-electron chi connectivity index (χ4n) is 3.90. The first kappa shape index (κ1) is 21.2. The fourth-order valence-corrected chi connectivity index (χ4v) is 5.65. The SMILES string of the molecule is Cc1noc(C)c1CCC(=O)N1CCN(S(=O)(=O)N2C[C@H](C)O[C@@H](C)C2)CC1. The number of piperazine rings is 1. The Morgan fingerprint density at radius 2 is 1.68 bits per heavy atom. The first-order valence-electron chi connectivity index (χ1n) is 9.78. The van der Waals surface area contributed by atoms with Gasteiger partial charge in [0.05, 0.1) is 17.9 Å². The minimum atomic E-state index is -3.53. The van der Waals surface area contributed by atoms with Gasteiger partial charge in [0.15, 0.2) is 0 Å². The molecule has 0 bridgehead atoms. The van der Waals surface area contributed by atoms with Crippen LogP contribution in [0.5, 0.6) is 0 Å². The number of morpholine rings is 1. The molecule has 0 radical (unpaired) electrons. The predicted molar refractivity (Wildman–Crippen MR) is 103 cm³/mol. The van der Waals surface area contributed by atoms with Crippen LogP contribution in [0, 0.1) is 13.8 Å². The van der Waals surface area contributed by atoms with Crippen LogP contribution in [0.3, 0.4) is 0 Å². The summed E-state index contributed by atoms with van der Waals surface area (Å²) >= 11 is 0. The van der Waals surface area contributed by atoms with E-state index in [2.05, 4.69) is 5.16 Å². The normalized spacial score (nSPS) is 25.2. The van der Waals surface area contributed by atoms with E-state index in [9.17, 15) is 13.2 Å². The number of carbonyl (C=O) groups excluding carboxylic acids is 1. The average Bonchev–Trinajstić information content (AvgIpc) is 2.97. The maximum absolute atomic E-state index is 12.9. The topological polar surface area (TPSA) is 96.2 Å². The molecular weight excluding hydrogens is 384 g/mol. The van der Waals surface area contributed by atoms with Crippen molar-refractivity contribution in [1.29, 1.82) is 0 Å². The highest BCUT2D eigenvalue weighted by Crippen LogP contribution is 2.20. The van der Waals surface area contributed by atoms with Gasteiger partial charge < -0.3 is 14.2 Å². The molecule has 1 aromatic rings. The number of carbonyl (C=O) groups is 1. The lowest BCUT2D eigenvalue weighted by Crippen LogP contribution is -2.57. The van der Waals surface area contributed by atoms with Gasteiger partial charge in [-0.1, -0.05) is 5.16 Å². The first-order valence-corrected chi connectivity index (χ1v) is 11.2. The number of amides is 1. The predicted octanol–water partition coefficient (Wildman–Crippen LogP) is 0.722. The molecule has 9 nitrogen and oxygen atoms in total. The van der Waals surface area contributed by atoms with Gasteiger partial charge in [-0.25, -0.2) is 0 Å². The van der Waals surface area contributed by atoms with Crippen LogP contribution in [0.4, 0.5) is 0 Å². The zero-order valence-corrected chi connectivity index (χ0v) is 17.9. The molecule has 0 aliphatic carbocycles. The van der Waals surface area contributed by atoms with Crippen molar-refractivity contribution < 1.29 is 22.5 Å². The summed E-state index contributed by atoms with van der Waals surface area (Å²) < 4.78 is 39.6. The van der Waals surface area contributed by atoms with E-state index in [1.54, 1.807) is 4.90 Å². The third kappa shape index (κ3) is 4.56. The third-order valence-corrected chi connectivity index (χ3v) is 7.37.